The highest BCUT2D eigenvalue weighted by Gasteiger charge is 2.21. The first-order chi connectivity index (χ1) is 12.6. The molecule has 0 radical (unpaired) electrons. The third-order valence-electron chi connectivity index (χ3n) is 3.82. The van der Waals surface area contributed by atoms with Gasteiger partial charge in [0.05, 0.1) is 5.56 Å². The first kappa shape index (κ1) is 18.6. The normalized spacial score (nSPS) is 11.4. The Kier molecular flexibility index (Phi) is 4.70. The Morgan fingerprint density at radius 3 is 2.37 bits per heavy atom. The quantitative estimate of drug-likeness (QED) is 0.713. The van der Waals surface area contributed by atoms with Gasteiger partial charge in [-0.05, 0) is 36.4 Å². The summed E-state index contributed by atoms with van der Waals surface area (Å²) in [4.78, 5) is 28.1. The maximum atomic E-state index is 14.0. The summed E-state index contributed by atoms with van der Waals surface area (Å²) in [5.41, 5.74) is 1.61. The molecule has 0 saturated heterocycles. The second-order valence-corrected chi connectivity index (χ2v) is 7.28. The number of rotatable bonds is 3. The van der Waals surface area contributed by atoms with Gasteiger partial charge >= 0.3 is 0 Å². The number of hydrogen-bond acceptors (Lipinski definition) is 4. The zero-order chi connectivity index (χ0) is 19.8. The lowest BCUT2D eigenvalue weighted by Crippen LogP contribution is -2.15. The van der Waals surface area contributed by atoms with Crippen LogP contribution in [0.25, 0.3) is 11.1 Å². The van der Waals surface area contributed by atoms with E-state index in [0.717, 1.165) is 6.07 Å². The van der Waals surface area contributed by atoms with Crippen LogP contribution in [-0.2, 0) is 10.2 Å². The Morgan fingerprint density at radius 2 is 1.70 bits per heavy atom. The summed E-state index contributed by atoms with van der Waals surface area (Å²) in [5, 5.41) is 5.17. The fourth-order valence-corrected chi connectivity index (χ4v) is 2.50. The van der Waals surface area contributed by atoms with E-state index in [4.69, 9.17) is 4.42 Å². The molecule has 0 atom stereocenters. The Morgan fingerprint density at radius 1 is 1.04 bits per heavy atom. The molecule has 6 nitrogen and oxygen atoms in total. The third kappa shape index (κ3) is 4.13. The van der Waals surface area contributed by atoms with E-state index in [9.17, 15) is 14.0 Å². The van der Waals surface area contributed by atoms with Crippen molar-refractivity contribution >= 4 is 34.3 Å². The first-order valence-electron chi connectivity index (χ1n) is 8.43. The molecule has 0 fully saturated rings. The summed E-state index contributed by atoms with van der Waals surface area (Å²) < 4.78 is 19.8. The van der Waals surface area contributed by atoms with Crippen molar-refractivity contribution in [2.24, 2.45) is 0 Å². The van der Waals surface area contributed by atoms with Crippen molar-refractivity contribution in [2.75, 3.05) is 10.6 Å². The standard InChI is InChI=1S/C20H20FN3O3/c1-11(25)22-12-5-7-15(21)14(9-12)18(26)23-13-6-8-17-16(10-13)24-19(27-17)20(2,3)4/h5-10H,1-4H3,(H,22,25)(H,23,26). The van der Waals surface area contributed by atoms with Crippen molar-refractivity contribution in [3.8, 4) is 0 Å². The zero-order valence-corrected chi connectivity index (χ0v) is 15.5. The van der Waals surface area contributed by atoms with Crippen LogP contribution in [0.2, 0.25) is 0 Å². The summed E-state index contributed by atoms with van der Waals surface area (Å²) >= 11 is 0. The molecule has 140 valence electrons. The van der Waals surface area contributed by atoms with Crippen molar-refractivity contribution in [1.29, 1.82) is 0 Å². The van der Waals surface area contributed by atoms with Gasteiger partial charge in [-0.3, -0.25) is 9.59 Å². The summed E-state index contributed by atoms with van der Waals surface area (Å²) in [6.45, 7) is 7.31. The number of nitrogens with zero attached hydrogens (tertiary/aromatic N) is 1. The van der Waals surface area contributed by atoms with E-state index in [2.05, 4.69) is 15.6 Å². The predicted molar refractivity (Wildman–Crippen MR) is 101 cm³/mol. The van der Waals surface area contributed by atoms with Crippen LogP contribution in [0.15, 0.2) is 40.8 Å². The molecule has 3 rings (SSSR count). The SMILES string of the molecule is CC(=O)Nc1ccc(F)c(C(=O)Nc2ccc3oc(C(C)(C)C)nc3c2)c1. The first-order valence-corrected chi connectivity index (χ1v) is 8.43. The Hall–Kier alpha value is -3.22. The average molecular weight is 369 g/mol. The Labute approximate surface area is 155 Å². The molecule has 2 amide bonds. The van der Waals surface area contributed by atoms with Crippen LogP contribution in [0.3, 0.4) is 0 Å². The molecule has 0 aliphatic carbocycles. The predicted octanol–water partition coefficient (Wildman–Crippen LogP) is 4.48. The molecular formula is C20H20FN3O3. The molecule has 2 N–H and O–H groups in total. The van der Waals surface area contributed by atoms with Gasteiger partial charge in [0.15, 0.2) is 5.58 Å². The lowest BCUT2D eigenvalue weighted by molar-refractivity contribution is -0.114. The second kappa shape index (κ2) is 6.83. The maximum absolute atomic E-state index is 14.0. The van der Waals surface area contributed by atoms with Gasteiger partial charge in [-0.25, -0.2) is 9.37 Å². The maximum Gasteiger partial charge on any atom is 0.258 e. The van der Waals surface area contributed by atoms with Gasteiger partial charge in [0.1, 0.15) is 11.3 Å². The monoisotopic (exact) mass is 369 g/mol. The van der Waals surface area contributed by atoms with Gasteiger partial charge in [0, 0.05) is 23.7 Å². The summed E-state index contributed by atoms with van der Waals surface area (Å²) in [6.07, 6.45) is 0. The van der Waals surface area contributed by atoms with Crippen LogP contribution in [-0.4, -0.2) is 16.8 Å². The number of carbonyl (C=O) groups is 2. The molecule has 1 heterocycles. The van der Waals surface area contributed by atoms with E-state index in [1.54, 1.807) is 18.2 Å². The fraction of sp³-hybridized carbons (Fsp3) is 0.250. The van der Waals surface area contributed by atoms with E-state index in [1.807, 2.05) is 20.8 Å². The lowest BCUT2D eigenvalue weighted by atomic mass is 9.97. The van der Waals surface area contributed by atoms with Gasteiger partial charge in [-0.1, -0.05) is 20.8 Å². The van der Waals surface area contributed by atoms with Gasteiger partial charge in [-0.15, -0.1) is 0 Å². The molecule has 2 aromatic carbocycles. The minimum atomic E-state index is -0.681. The number of benzene rings is 2. The number of amides is 2. The number of carbonyl (C=O) groups excluding carboxylic acids is 2. The topological polar surface area (TPSA) is 84.2 Å². The Balaban J connectivity index is 1.86. The highest BCUT2D eigenvalue weighted by molar-refractivity contribution is 6.06. The van der Waals surface area contributed by atoms with Gasteiger partial charge in [-0.2, -0.15) is 0 Å². The highest BCUT2D eigenvalue weighted by atomic mass is 19.1. The number of hydrogen-bond donors (Lipinski definition) is 2. The number of oxazole rings is 1. The summed E-state index contributed by atoms with van der Waals surface area (Å²) in [7, 11) is 0. The van der Waals surface area contributed by atoms with E-state index in [0.29, 0.717) is 28.4 Å². The molecule has 27 heavy (non-hydrogen) atoms. The molecule has 1 aromatic heterocycles. The van der Waals surface area contributed by atoms with Crippen LogP contribution < -0.4 is 10.6 Å². The van der Waals surface area contributed by atoms with Crippen LogP contribution >= 0.6 is 0 Å². The highest BCUT2D eigenvalue weighted by Crippen LogP contribution is 2.27. The lowest BCUT2D eigenvalue weighted by Gasteiger charge is -2.11. The minimum Gasteiger partial charge on any atom is -0.440 e. The van der Waals surface area contributed by atoms with Crippen molar-refractivity contribution in [3.63, 3.8) is 0 Å². The number of fused-ring (bicyclic) bond motifs is 1. The third-order valence-corrected chi connectivity index (χ3v) is 3.82. The Bertz CT molecular complexity index is 1030. The van der Waals surface area contributed by atoms with E-state index in [-0.39, 0.29) is 16.9 Å². The number of anilines is 2. The molecular weight excluding hydrogens is 349 g/mol. The van der Waals surface area contributed by atoms with Crippen molar-refractivity contribution in [2.45, 2.75) is 33.1 Å². The number of halogens is 1. The van der Waals surface area contributed by atoms with Crippen molar-refractivity contribution < 1.29 is 18.4 Å². The molecule has 7 heteroatoms. The number of nitrogens with one attached hydrogen (secondary N) is 2. The molecule has 0 unspecified atom stereocenters. The van der Waals surface area contributed by atoms with Gasteiger partial charge < -0.3 is 15.1 Å². The van der Waals surface area contributed by atoms with Crippen LogP contribution in [0, 0.1) is 5.82 Å². The molecule has 0 saturated carbocycles. The van der Waals surface area contributed by atoms with Crippen molar-refractivity contribution in [3.05, 3.63) is 53.7 Å². The van der Waals surface area contributed by atoms with E-state index >= 15 is 0 Å². The largest absolute Gasteiger partial charge is 0.440 e. The van der Waals surface area contributed by atoms with Crippen LogP contribution in [0.5, 0.6) is 0 Å². The molecule has 0 aliphatic rings. The second-order valence-electron chi connectivity index (χ2n) is 7.28. The summed E-state index contributed by atoms with van der Waals surface area (Å²) in [5.74, 6) is -1.02. The van der Waals surface area contributed by atoms with Crippen LogP contribution in [0.4, 0.5) is 15.8 Å². The molecule has 0 spiro atoms. The van der Waals surface area contributed by atoms with Gasteiger partial charge in [0.25, 0.3) is 5.91 Å². The molecule has 0 aliphatic heterocycles. The minimum absolute atomic E-state index is 0.170. The summed E-state index contributed by atoms with van der Waals surface area (Å²) in [6, 6.07) is 8.85. The van der Waals surface area contributed by atoms with E-state index < -0.39 is 11.7 Å². The van der Waals surface area contributed by atoms with Crippen molar-refractivity contribution in [1.82, 2.24) is 4.98 Å². The van der Waals surface area contributed by atoms with Crippen LogP contribution in [0.1, 0.15) is 43.9 Å². The smallest absolute Gasteiger partial charge is 0.258 e. The van der Waals surface area contributed by atoms with Gasteiger partial charge in [0.2, 0.25) is 11.8 Å². The van der Waals surface area contributed by atoms with E-state index in [1.165, 1.54) is 19.1 Å². The molecule has 3 aromatic rings. The molecule has 0 bridgehead atoms. The average Bonchev–Trinajstić information content (AvgIpc) is 2.99. The fourth-order valence-electron chi connectivity index (χ4n) is 2.50. The number of aromatic nitrogens is 1. The zero-order valence-electron chi connectivity index (χ0n) is 15.5.